The van der Waals surface area contributed by atoms with Gasteiger partial charge in [-0.3, -0.25) is 4.79 Å². The molecule has 4 aromatic rings. The van der Waals surface area contributed by atoms with Crippen LogP contribution in [0.2, 0.25) is 0 Å². The third kappa shape index (κ3) is 5.23. The van der Waals surface area contributed by atoms with Gasteiger partial charge in [-0.15, -0.1) is 22.6 Å². The summed E-state index contributed by atoms with van der Waals surface area (Å²) in [5, 5.41) is 29.3. The number of nitrogens with zero attached hydrogens (tertiary/aromatic N) is 6. The maximum Gasteiger partial charge on any atom is 0.227 e. The highest BCUT2D eigenvalue weighted by Crippen LogP contribution is 2.33. The quantitative estimate of drug-likeness (QED) is 0.395. The van der Waals surface area contributed by atoms with Crippen LogP contribution in [0.3, 0.4) is 0 Å². The SMILES string of the molecule is C[C@H]1CN(C(=O)Cc2ccc(C#N)cc2)CCN1c1nnc(-c2ccc(C#N)cc2)c2ccccc12.Cl. The van der Waals surface area contributed by atoms with Gasteiger partial charge in [0.05, 0.1) is 29.7 Å². The highest BCUT2D eigenvalue weighted by Gasteiger charge is 2.29. The summed E-state index contributed by atoms with van der Waals surface area (Å²) in [7, 11) is 0. The van der Waals surface area contributed by atoms with Crippen molar-refractivity contribution < 1.29 is 4.79 Å². The molecule has 0 unspecified atom stereocenters. The lowest BCUT2D eigenvalue weighted by Crippen LogP contribution is -2.54. The predicted octanol–water partition coefficient (Wildman–Crippen LogP) is 4.74. The molecule has 1 aromatic heterocycles. The number of nitriles is 2. The van der Waals surface area contributed by atoms with Crippen molar-refractivity contribution in [1.82, 2.24) is 15.1 Å². The number of anilines is 1. The maximum atomic E-state index is 13.0. The van der Waals surface area contributed by atoms with Crippen molar-refractivity contribution in [3.8, 4) is 23.4 Å². The second kappa shape index (κ2) is 11.1. The van der Waals surface area contributed by atoms with Gasteiger partial charge in [-0.1, -0.05) is 48.5 Å². The van der Waals surface area contributed by atoms with E-state index in [-0.39, 0.29) is 24.4 Å². The van der Waals surface area contributed by atoms with Crippen molar-refractivity contribution in [2.45, 2.75) is 19.4 Å². The highest BCUT2D eigenvalue weighted by atomic mass is 35.5. The molecule has 3 aromatic carbocycles. The molecule has 0 N–H and O–H groups in total. The Balaban J connectivity index is 0.00000320. The number of rotatable bonds is 4. The monoisotopic (exact) mass is 508 g/mol. The van der Waals surface area contributed by atoms with E-state index in [0.717, 1.165) is 33.4 Å². The summed E-state index contributed by atoms with van der Waals surface area (Å²) in [5.41, 5.74) is 3.79. The number of benzene rings is 3. The second-order valence-corrected chi connectivity index (χ2v) is 8.97. The van der Waals surface area contributed by atoms with Crippen molar-refractivity contribution >= 4 is 34.9 Å². The van der Waals surface area contributed by atoms with Crippen molar-refractivity contribution in [2.24, 2.45) is 0 Å². The van der Waals surface area contributed by atoms with Crippen LogP contribution in [0.4, 0.5) is 5.82 Å². The molecule has 0 spiro atoms. The number of aromatic nitrogens is 2. The average molecular weight is 509 g/mol. The summed E-state index contributed by atoms with van der Waals surface area (Å²) in [4.78, 5) is 17.1. The van der Waals surface area contributed by atoms with Gasteiger partial charge in [0, 0.05) is 42.0 Å². The number of hydrogen-bond donors (Lipinski definition) is 0. The molecule has 0 aliphatic carbocycles. The molecule has 1 aliphatic rings. The minimum atomic E-state index is 0. The average Bonchev–Trinajstić information content (AvgIpc) is 2.93. The fourth-order valence-corrected chi connectivity index (χ4v) is 4.70. The van der Waals surface area contributed by atoms with E-state index in [4.69, 9.17) is 10.5 Å². The number of carbonyl (C=O) groups is 1. The van der Waals surface area contributed by atoms with Crippen LogP contribution in [0.15, 0.2) is 72.8 Å². The molecular formula is C29H25ClN6O. The predicted molar refractivity (Wildman–Crippen MR) is 145 cm³/mol. The van der Waals surface area contributed by atoms with Crippen molar-refractivity contribution in [3.05, 3.63) is 89.5 Å². The van der Waals surface area contributed by atoms with Gasteiger partial charge in [-0.05, 0) is 36.8 Å². The first-order valence-electron chi connectivity index (χ1n) is 11.9. The van der Waals surface area contributed by atoms with E-state index in [1.807, 2.05) is 47.4 Å². The molecule has 1 aliphatic heterocycles. The fraction of sp³-hybridized carbons (Fsp3) is 0.207. The van der Waals surface area contributed by atoms with E-state index >= 15 is 0 Å². The topological polar surface area (TPSA) is 96.9 Å². The minimum Gasteiger partial charge on any atom is -0.348 e. The zero-order valence-electron chi connectivity index (χ0n) is 20.3. The van der Waals surface area contributed by atoms with Crippen molar-refractivity contribution in [2.75, 3.05) is 24.5 Å². The molecule has 184 valence electrons. The molecule has 0 saturated carbocycles. The van der Waals surface area contributed by atoms with Crippen LogP contribution >= 0.6 is 12.4 Å². The van der Waals surface area contributed by atoms with Crippen LogP contribution in [0.1, 0.15) is 23.6 Å². The summed E-state index contributed by atoms with van der Waals surface area (Å²) in [6, 6.07) is 27.0. The van der Waals surface area contributed by atoms with Crippen molar-refractivity contribution in [1.29, 1.82) is 10.5 Å². The lowest BCUT2D eigenvalue weighted by Gasteiger charge is -2.40. The van der Waals surface area contributed by atoms with Crippen LogP contribution in [-0.4, -0.2) is 46.7 Å². The van der Waals surface area contributed by atoms with Crippen LogP contribution in [0.5, 0.6) is 0 Å². The Morgan fingerprint density at radius 2 is 1.51 bits per heavy atom. The summed E-state index contributed by atoms with van der Waals surface area (Å²) in [6.07, 6.45) is 0.320. The molecule has 1 amide bonds. The minimum absolute atomic E-state index is 0. The Morgan fingerprint density at radius 3 is 2.14 bits per heavy atom. The van der Waals surface area contributed by atoms with E-state index in [9.17, 15) is 4.79 Å². The molecule has 0 radical (unpaired) electrons. The molecule has 1 atom stereocenters. The number of halogens is 1. The van der Waals surface area contributed by atoms with Crippen LogP contribution < -0.4 is 4.90 Å². The molecule has 5 rings (SSSR count). The first-order valence-corrected chi connectivity index (χ1v) is 11.9. The third-order valence-electron chi connectivity index (χ3n) is 6.65. The first-order chi connectivity index (χ1) is 17.6. The summed E-state index contributed by atoms with van der Waals surface area (Å²) in [5.74, 6) is 0.896. The summed E-state index contributed by atoms with van der Waals surface area (Å²) < 4.78 is 0. The third-order valence-corrected chi connectivity index (χ3v) is 6.65. The van der Waals surface area contributed by atoms with E-state index in [1.165, 1.54) is 0 Å². The Kier molecular flexibility index (Phi) is 7.67. The zero-order chi connectivity index (χ0) is 25.1. The molecule has 37 heavy (non-hydrogen) atoms. The Hall–Kier alpha value is -4.46. The van der Waals surface area contributed by atoms with Crippen LogP contribution in [0.25, 0.3) is 22.0 Å². The fourth-order valence-electron chi connectivity index (χ4n) is 4.70. The Bertz CT molecular complexity index is 1510. The lowest BCUT2D eigenvalue weighted by atomic mass is 10.0. The molecule has 8 heteroatoms. The second-order valence-electron chi connectivity index (χ2n) is 8.97. The molecule has 7 nitrogen and oxygen atoms in total. The molecule has 2 heterocycles. The van der Waals surface area contributed by atoms with Gasteiger partial charge in [0.25, 0.3) is 0 Å². The van der Waals surface area contributed by atoms with E-state index in [2.05, 4.69) is 40.2 Å². The van der Waals surface area contributed by atoms with Crippen LogP contribution in [0, 0.1) is 22.7 Å². The smallest absolute Gasteiger partial charge is 0.227 e. The van der Waals surface area contributed by atoms with E-state index < -0.39 is 0 Å². The Morgan fingerprint density at radius 1 is 0.892 bits per heavy atom. The largest absolute Gasteiger partial charge is 0.348 e. The van der Waals surface area contributed by atoms with Crippen LogP contribution in [-0.2, 0) is 11.2 Å². The number of piperazine rings is 1. The molecule has 1 fully saturated rings. The van der Waals surface area contributed by atoms with Gasteiger partial charge in [0.2, 0.25) is 5.91 Å². The number of carbonyl (C=O) groups excluding carboxylic acids is 1. The number of amides is 1. The highest BCUT2D eigenvalue weighted by molar-refractivity contribution is 6.00. The van der Waals surface area contributed by atoms with Gasteiger partial charge in [0.1, 0.15) is 5.69 Å². The normalized spacial score (nSPS) is 14.9. The Labute approximate surface area is 222 Å². The van der Waals surface area contributed by atoms with Gasteiger partial charge in [-0.2, -0.15) is 10.5 Å². The van der Waals surface area contributed by atoms with Gasteiger partial charge in [-0.25, -0.2) is 0 Å². The first kappa shape index (κ1) is 25.6. The van der Waals surface area contributed by atoms with Crippen molar-refractivity contribution in [3.63, 3.8) is 0 Å². The molecule has 0 bridgehead atoms. The number of hydrogen-bond acceptors (Lipinski definition) is 6. The van der Waals surface area contributed by atoms with Gasteiger partial charge >= 0.3 is 0 Å². The summed E-state index contributed by atoms with van der Waals surface area (Å²) >= 11 is 0. The van der Waals surface area contributed by atoms with E-state index in [0.29, 0.717) is 37.2 Å². The lowest BCUT2D eigenvalue weighted by molar-refractivity contribution is -0.131. The van der Waals surface area contributed by atoms with E-state index in [1.54, 1.807) is 24.3 Å². The maximum absolute atomic E-state index is 13.0. The van der Waals surface area contributed by atoms with Gasteiger partial charge < -0.3 is 9.80 Å². The molecule has 1 saturated heterocycles. The standard InChI is InChI=1S/C29H24N6O.ClH/c1-20-19-34(27(36)16-21-6-8-22(17-30)9-7-21)14-15-35(20)29-26-5-3-2-4-25(26)28(32-33-29)24-12-10-23(18-31)11-13-24;/h2-13,20H,14-16,19H2,1H3;1H/t20-;/m0./s1. The van der Waals surface area contributed by atoms with Gasteiger partial charge in [0.15, 0.2) is 5.82 Å². The summed E-state index contributed by atoms with van der Waals surface area (Å²) in [6.45, 7) is 3.97. The molecular weight excluding hydrogens is 484 g/mol. The zero-order valence-corrected chi connectivity index (χ0v) is 21.2. The number of fused-ring (bicyclic) bond motifs is 1.